The van der Waals surface area contributed by atoms with Gasteiger partial charge in [0.15, 0.2) is 0 Å². The molecule has 4 heterocycles. The number of rotatable bonds is 0. The maximum Gasteiger partial charge on any atom is 0.536 e. The van der Waals surface area contributed by atoms with Gasteiger partial charge in [-0.15, -0.1) is 0 Å². The molecule has 2 fully saturated rings. The van der Waals surface area contributed by atoms with Gasteiger partial charge in [0.1, 0.15) is 13.2 Å². The summed E-state index contributed by atoms with van der Waals surface area (Å²) in [4.78, 5) is 2.62. The predicted molar refractivity (Wildman–Crippen MR) is 130 cm³/mol. The van der Waals surface area contributed by atoms with E-state index in [1.807, 2.05) is 0 Å². The van der Waals surface area contributed by atoms with Crippen molar-refractivity contribution in [1.82, 2.24) is 4.86 Å². The molecule has 0 saturated carbocycles. The second-order valence-electron chi connectivity index (χ2n) is 6.00. The van der Waals surface area contributed by atoms with Gasteiger partial charge in [-0.25, -0.2) is 0 Å². The minimum Gasteiger partial charge on any atom is -0.305 e. The van der Waals surface area contributed by atoms with Crippen molar-refractivity contribution in [3.63, 3.8) is 0 Å². The van der Waals surface area contributed by atoms with Crippen LogP contribution in [0.4, 0.5) is 0 Å². The van der Waals surface area contributed by atoms with Gasteiger partial charge in [0.25, 0.3) is 23.6 Å². The van der Waals surface area contributed by atoms with Gasteiger partial charge in [-0.2, -0.15) is 27.5 Å². The van der Waals surface area contributed by atoms with Crippen molar-refractivity contribution in [2.24, 2.45) is 28.0 Å². The Morgan fingerprint density at radius 1 is 0.690 bits per heavy atom. The summed E-state index contributed by atoms with van der Waals surface area (Å²) in [6.07, 6.45) is 0. The van der Waals surface area contributed by atoms with E-state index in [0.717, 1.165) is 0 Å². The lowest BCUT2D eigenvalue weighted by Crippen LogP contribution is -2.45. The zero-order valence-corrected chi connectivity index (χ0v) is 24.8. The maximum absolute atomic E-state index is 6.15. The Kier molecular flexibility index (Phi) is 7.45. The fourth-order valence-corrected chi connectivity index (χ4v) is 31.7. The van der Waals surface area contributed by atoms with Crippen LogP contribution in [-0.4, -0.2) is 26.4 Å². The highest BCUT2D eigenvalue weighted by atomic mass is 35.9. The molecule has 3 spiro atoms. The van der Waals surface area contributed by atoms with Crippen molar-refractivity contribution >= 4 is 129 Å². The molecule has 0 bridgehead atoms. The Bertz CT molecular complexity index is 968. The van der Waals surface area contributed by atoms with Crippen molar-refractivity contribution in [3.05, 3.63) is 0 Å². The van der Waals surface area contributed by atoms with E-state index in [2.05, 4.69) is 27.4 Å². The van der Waals surface area contributed by atoms with E-state index >= 15 is 0 Å². The molecule has 0 aromatic carbocycles. The standard InChI is InChI=1S/C5H9Cl8N6O4P6/c6-24(7)14-25(8,9)17-28(16-24)20-1-5(2-21-28)3-22-29(23-4-5)18-26(10,11)15-27(12,13)19-29/h14H,1-4H2/q+1. The summed E-state index contributed by atoms with van der Waals surface area (Å²) < 4.78 is 43.9. The average molecular weight is 687 g/mol. The third-order valence-corrected chi connectivity index (χ3v) is 26.2. The molecule has 0 unspecified atom stereocenters. The van der Waals surface area contributed by atoms with Crippen LogP contribution in [0.5, 0.6) is 0 Å². The summed E-state index contributed by atoms with van der Waals surface area (Å²) in [5, 5.41) is 0. The Hall–Kier alpha value is 3.70. The number of hydrogen-bond donors (Lipinski definition) is 1. The zero-order chi connectivity index (χ0) is 21.4. The fraction of sp³-hybridized carbons (Fsp3) is 1.00. The molecule has 0 aromatic heterocycles. The summed E-state index contributed by atoms with van der Waals surface area (Å²) in [7, 11) is -6.39. The van der Waals surface area contributed by atoms with Crippen LogP contribution in [0.3, 0.4) is 0 Å². The molecular formula is C5H9Cl8N6O4P6+. The van der Waals surface area contributed by atoms with Gasteiger partial charge in [0.05, 0.1) is 18.6 Å². The number of nitrogens with one attached hydrogen (secondary N) is 1. The van der Waals surface area contributed by atoms with Gasteiger partial charge >= 0.3 is 15.7 Å². The van der Waals surface area contributed by atoms with Gasteiger partial charge in [0, 0.05) is 0 Å². The Balaban J connectivity index is 1.54. The molecular weight excluding hydrogens is 678 g/mol. The molecule has 24 heteroatoms. The van der Waals surface area contributed by atoms with Gasteiger partial charge in [-0.1, -0.05) is 0 Å². The van der Waals surface area contributed by atoms with E-state index in [9.17, 15) is 0 Å². The SMILES string of the molecule is ClP1(Cl)=NP(Cl)(Cl)=NP2(=N1)OCC1(CO2)CO[P+]2(N=P(Cl)(Cl)NP(Cl)(Cl)=N2)OC1. The lowest BCUT2D eigenvalue weighted by molar-refractivity contribution is -0.0598. The van der Waals surface area contributed by atoms with Gasteiger partial charge in [-0.3, -0.25) is 0 Å². The van der Waals surface area contributed by atoms with Crippen LogP contribution in [0.2, 0.25) is 0 Å². The quantitative estimate of drug-likeness (QED) is 0.255. The van der Waals surface area contributed by atoms with Gasteiger partial charge in [-0.05, 0) is 99.0 Å². The average Bonchev–Trinajstić information content (AvgIpc) is 2.47. The van der Waals surface area contributed by atoms with Crippen LogP contribution in [0.25, 0.3) is 0 Å². The van der Waals surface area contributed by atoms with Crippen LogP contribution in [-0.2, 0) is 18.1 Å². The number of nitrogens with zero attached hydrogens (tertiary/aromatic N) is 5. The summed E-state index contributed by atoms with van der Waals surface area (Å²) in [5.41, 5.74) is -0.703. The Morgan fingerprint density at radius 2 is 1.17 bits per heavy atom. The highest BCUT2D eigenvalue weighted by Crippen LogP contribution is 2.88. The molecule has 2 saturated heterocycles. The summed E-state index contributed by atoms with van der Waals surface area (Å²) in [6.45, 7) is 0.392. The van der Waals surface area contributed by atoms with Crippen molar-refractivity contribution < 1.29 is 18.1 Å². The zero-order valence-electron chi connectivity index (χ0n) is 13.4. The first-order valence-electron chi connectivity index (χ1n) is 7.10. The third-order valence-electron chi connectivity index (χ3n) is 3.50. The third kappa shape index (κ3) is 6.10. The number of halogens is 8. The lowest BCUT2D eigenvalue weighted by Gasteiger charge is -2.42. The van der Waals surface area contributed by atoms with Crippen LogP contribution in [0.15, 0.2) is 22.6 Å². The van der Waals surface area contributed by atoms with Gasteiger partial charge < -0.3 is 9.05 Å². The molecule has 0 aliphatic carbocycles. The number of hydrogen-bond acceptors (Lipinski definition) is 10. The molecule has 10 nitrogen and oxygen atoms in total. The van der Waals surface area contributed by atoms with E-state index in [1.165, 1.54) is 0 Å². The minimum atomic E-state index is -3.21. The topological polar surface area (TPSA) is 111 Å². The molecule has 4 aliphatic heterocycles. The van der Waals surface area contributed by atoms with E-state index < -0.39 is 44.7 Å². The van der Waals surface area contributed by atoms with Crippen LogP contribution < -0.4 is 4.86 Å². The molecule has 0 aromatic rings. The normalized spacial score (nSPS) is 34.2. The maximum atomic E-state index is 6.15. The molecule has 4 rings (SSSR count). The summed E-state index contributed by atoms with van der Waals surface area (Å²) in [6, 6.07) is 0. The van der Waals surface area contributed by atoms with E-state index in [0.29, 0.717) is 0 Å². The van der Waals surface area contributed by atoms with E-state index in [4.69, 9.17) is 108 Å². The molecule has 4 aliphatic rings. The monoisotopic (exact) mass is 683 g/mol. The smallest absolute Gasteiger partial charge is 0.305 e. The molecule has 0 amide bonds. The second kappa shape index (κ2) is 8.38. The van der Waals surface area contributed by atoms with Crippen molar-refractivity contribution in [1.29, 1.82) is 0 Å². The first-order chi connectivity index (χ1) is 13.1. The molecule has 0 radical (unpaired) electrons. The molecule has 0 atom stereocenters. The van der Waals surface area contributed by atoms with Crippen LogP contribution >= 0.6 is 129 Å². The second-order valence-corrected chi connectivity index (χ2v) is 30.7. The largest absolute Gasteiger partial charge is 0.536 e. The predicted octanol–water partition coefficient (Wildman–Crippen LogP) is 11.0. The fourth-order valence-electron chi connectivity index (χ4n) is 2.36. The summed E-state index contributed by atoms with van der Waals surface area (Å²) >= 11 is 49.0. The lowest BCUT2D eigenvalue weighted by atomic mass is 9.93. The van der Waals surface area contributed by atoms with Crippen LogP contribution in [0.1, 0.15) is 0 Å². The van der Waals surface area contributed by atoms with E-state index in [-0.39, 0.29) is 26.4 Å². The molecule has 1 N–H and O–H groups in total. The first-order valence-corrected chi connectivity index (χ1v) is 24.3. The van der Waals surface area contributed by atoms with Crippen molar-refractivity contribution in [2.45, 2.75) is 0 Å². The highest BCUT2D eigenvalue weighted by molar-refractivity contribution is 8.23. The first kappa shape index (κ1) is 25.8. The van der Waals surface area contributed by atoms with Gasteiger partial charge in [0.2, 0.25) is 0 Å². The van der Waals surface area contributed by atoms with Crippen molar-refractivity contribution in [3.8, 4) is 0 Å². The highest BCUT2D eigenvalue weighted by Gasteiger charge is 2.61. The molecule has 168 valence electrons. The van der Waals surface area contributed by atoms with E-state index in [1.54, 1.807) is 0 Å². The molecule has 29 heavy (non-hydrogen) atoms. The van der Waals surface area contributed by atoms with Crippen LogP contribution in [0, 0.1) is 5.41 Å². The minimum absolute atomic E-state index is 0.0949. The summed E-state index contributed by atoms with van der Waals surface area (Å²) in [5.74, 6) is -12.4. The Labute approximate surface area is 205 Å². The van der Waals surface area contributed by atoms with Crippen molar-refractivity contribution in [2.75, 3.05) is 26.4 Å². The Morgan fingerprint density at radius 3 is 1.66 bits per heavy atom.